The molecule has 0 unspecified atom stereocenters. The molecule has 2 heterocycles. The third-order valence-corrected chi connectivity index (χ3v) is 2.69. The molecular weight excluding hydrogens is 254 g/mol. The number of rotatable bonds is 6. The van der Waals surface area contributed by atoms with E-state index in [1.807, 2.05) is 0 Å². The van der Waals surface area contributed by atoms with E-state index in [2.05, 4.69) is 25.3 Å². The van der Waals surface area contributed by atoms with Crippen molar-refractivity contribution in [2.75, 3.05) is 11.9 Å². The van der Waals surface area contributed by atoms with Crippen LogP contribution in [0.25, 0.3) is 0 Å². The van der Waals surface area contributed by atoms with Crippen LogP contribution in [0.1, 0.15) is 22.6 Å². The Morgan fingerprint density at radius 2 is 2.28 bits per heavy atom. The van der Waals surface area contributed by atoms with Gasteiger partial charge in [0.25, 0.3) is 0 Å². The third-order valence-electron chi connectivity index (χ3n) is 2.39. The van der Waals surface area contributed by atoms with Gasteiger partial charge in [0.05, 0.1) is 5.56 Å². The second kappa shape index (κ2) is 6.11. The van der Waals surface area contributed by atoms with Crippen LogP contribution in [-0.2, 0) is 6.42 Å². The molecule has 0 radical (unpaired) electrons. The predicted octanol–water partition coefficient (Wildman–Crippen LogP) is 1.71. The molecule has 2 aromatic heterocycles. The Morgan fingerprint density at radius 1 is 1.39 bits per heavy atom. The van der Waals surface area contributed by atoms with Crippen LogP contribution in [0.5, 0.6) is 0 Å². The summed E-state index contributed by atoms with van der Waals surface area (Å²) in [5.41, 5.74) is 0.289. The van der Waals surface area contributed by atoms with Gasteiger partial charge in [-0.1, -0.05) is 11.6 Å². The summed E-state index contributed by atoms with van der Waals surface area (Å²) in [6, 6.07) is 0. The van der Waals surface area contributed by atoms with E-state index >= 15 is 0 Å². The number of hydrogen-bond acceptors (Lipinski definition) is 5. The molecule has 0 saturated carbocycles. The highest BCUT2D eigenvalue weighted by Gasteiger charge is 2.07. The molecule has 7 heteroatoms. The summed E-state index contributed by atoms with van der Waals surface area (Å²) in [6.07, 6.45) is 7.18. The number of halogens is 1. The molecular formula is C11H12ClN5O. The van der Waals surface area contributed by atoms with Gasteiger partial charge in [-0.25, -0.2) is 15.0 Å². The zero-order valence-electron chi connectivity index (χ0n) is 9.56. The van der Waals surface area contributed by atoms with Crippen LogP contribution >= 0.6 is 11.6 Å². The van der Waals surface area contributed by atoms with Crippen molar-refractivity contribution < 1.29 is 4.79 Å². The summed E-state index contributed by atoms with van der Waals surface area (Å²) in [5.74, 6) is 1.40. The van der Waals surface area contributed by atoms with E-state index in [1.54, 1.807) is 12.4 Å². The van der Waals surface area contributed by atoms with Crippen LogP contribution in [0.2, 0.25) is 5.15 Å². The molecule has 2 rings (SSSR count). The molecule has 0 saturated heterocycles. The van der Waals surface area contributed by atoms with Crippen molar-refractivity contribution in [3.8, 4) is 0 Å². The van der Waals surface area contributed by atoms with Crippen LogP contribution in [-0.4, -0.2) is 32.8 Å². The molecule has 2 N–H and O–H groups in total. The smallest absolute Gasteiger partial charge is 0.156 e. The number of aromatic amines is 1. The Balaban J connectivity index is 1.86. The Hall–Kier alpha value is -1.95. The summed E-state index contributed by atoms with van der Waals surface area (Å²) in [5, 5.41) is 3.22. The normalized spacial score (nSPS) is 10.3. The van der Waals surface area contributed by atoms with Crippen molar-refractivity contribution in [1.29, 1.82) is 0 Å². The standard InChI is InChI=1S/C11H12ClN5O/c12-10-8(6-18)11(17-7-16-10)15-3-1-2-9-13-4-5-14-9/h4-7H,1-3H2,(H,13,14)(H,15,16,17). The van der Waals surface area contributed by atoms with Gasteiger partial charge in [0.1, 0.15) is 23.1 Å². The molecule has 2 aromatic rings. The van der Waals surface area contributed by atoms with E-state index in [0.29, 0.717) is 18.6 Å². The lowest BCUT2D eigenvalue weighted by molar-refractivity contribution is 0.112. The van der Waals surface area contributed by atoms with Crippen molar-refractivity contribution in [1.82, 2.24) is 19.9 Å². The first-order valence-corrected chi connectivity index (χ1v) is 5.87. The van der Waals surface area contributed by atoms with Crippen molar-refractivity contribution in [3.05, 3.63) is 35.3 Å². The molecule has 0 aliphatic heterocycles. The van der Waals surface area contributed by atoms with Crippen LogP contribution in [0.3, 0.4) is 0 Å². The zero-order chi connectivity index (χ0) is 12.8. The minimum absolute atomic E-state index is 0.161. The van der Waals surface area contributed by atoms with E-state index in [-0.39, 0.29) is 10.7 Å². The average molecular weight is 266 g/mol. The second-order valence-electron chi connectivity index (χ2n) is 3.61. The van der Waals surface area contributed by atoms with Crippen molar-refractivity contribution >= 4 is 23.7 Å². The summed E-state index contributed by atoms with van der Waals surface area (Å²) in [7, 11) is 0. The van der Waals surface area contributed by atoms with Gasteiger partial charge in [-0.15, -0.1) is 0 Å². The monoisotopic (exact) mass is 265 g/mol. The van der Waals surface area contributed by atoms with E-state index < -0.39 is 0 Å². The molecule has 0 atom stereocenters. The van der Waals surface area contributed by atoms with Gasteiger partial charge in [0, 0.05) is 25.4 Å². The molecule has 0 fully saturated rings. The number of carbonyl (C=O) groups is 1. The lowest BCUT2D eigenvalue weighted by atomic mass is 10.3. The highest BCUT2D eigenvalue weighted by molar-refractivity contribution is 6.32. The van der Waals surface area contributed by atoms with Crippen LogP contribution in [0.4, 0.5) is 5.82 Å². The van der Waals surface area contributed by atoms with E-state index in [0.717, 1.165) is 18.7 Å². The minimum Gasteiger partial charge on any atom is -0.369 e. The number of nitrogens with zero attached hydrogens (tertiary/aromatic N) is 3. The Kier molecular flexibility index (Phi) is 4.25. The number of anilines is 1. The Bertz CT molecular complexity index is 514. The summed E-state index contributed by atoms with van der Waals surface area (Å²) < 4.78 is 0. The van der Waals surface area contributed by atoms with Gasteiger partial charge in [-0.3, -0.25) is 4.79 Å². The second-order valence-corrected chi connectivity index (χ2v) is 3.97. The van der Waals surface area contributed by atoms with E-state index in [4.69, 9.17) is 11.6 Å². The number of aldehydes is 1. The molecule has 0 aromatic carbocycles. The molecule has 0 aliphatic rings. The number of carbonyl (C=O) groups excluding carboxylic acids is 1. The molecule has 6 nitrogen and oxygen atoms in total. The van der Waals surface area contributed by atoms with E-state index in [9.17, 15) is 4.79 Å². The van der Waals surface area contributed by atoms with Crippen molar-refractivity contribution in [3.63, 3.8) is 0 Å². The largest absolute Gasteiger partial charge is 0.369 e. The maximum Gasteiger partial charge on any atom is 0.156 e. The van der Waals surface area contributed by atoms with Gasteiger partial charge in [-0.05, 0) is 6.42 Å². The van der Waals surface area contributed by atoms with Gasteiger partial charge < -0.3 is 10.3 Å². The fourth-order valence-electron chi connectivity index (χ4n) is 1.52. The summed E-state index contributed by atoms with van der Waals surface area (Å²) in [6.45, 7) is 0.675. The first kappa shape index (κ1) is 12.5. The van der Waals surface area contributed by atoms with Gasteiger partial charge in [0.15, 0.2) is 6.29 Å². The van der Waals surface area contributed by atoms with Gasteiger partial charge in [-0.2, -0.15) is 0 Å². The molecule has 0 spiro atoms. The highest BCUT2D eigenvalue weighted by Crippen LogP contribution is 2.16. The Labute approximate surface area is 109 Å². The summed E-state index contributed by atoms with van der Waals surface area (Å²) >= 11 is 5.79. The lowest BCUT2D eigenvalue weighted by Gasteiger charge is -2.07. The average Bonchev–Trinajstić information content (AvgIpc) is 2.88. The predicted molar refractivity (Wildman–Crippen MR) is 67.8 cm³/mol. The number of imidazole rings is 1. The molecule has 18 heavy (non-hydrogen) atoms. The maximum absolute atomic E-state index is 10.8. The van der Waals surface area contributed by atoms with Crippen LogP contribution in [0.15, 0.2) is 18.7 Å². The topological polar surface area (TPSA) is 83.6 Å². The number of hydrogen-bond donors (Lipinski definition) is 2. The summed E-state index contributed by atoms with van der Waals surface area (Å²) in [4.78, 5) is 25.7. The van der Waals surface area contributed by atoms with Crippen molar-refractivity contribution in [2.24, 2.45) is 0 Å². The van der Waals surface area contributed by atoms with Gasteiger partial charge in [0.2, 0.25) is 0 Å². The SMILES string of the molecule is O=Cc1c(Cl)ncnc1NCCCc1ncc[nH]1. The first-order valence-electron chi connectivity index (χ1n) is 5.49. The molecule has 0 aliphatic carbocycles. The third kappa shape index (κ3) is 3.04. The number of nitrogens with one attached hydrogen (secondary N) is 2. The maximum atomic E-state index is 10.8. The van der Waals surface area contributed by atoms with Crippen LogP contribution in [0, 0.1) is 0 Å². The Morgan fingerprint density at radius 3 is 3.00 bits per heavy atom. The first-order chi connectivity index (χ1) is 8.81. The van der Waals surface area contributed by atoms with Crippen molar-refractivity contribution in [2.45, 2.75) is 12.8 Å². The molecule has 0 amide bonds. The molecule has 0 bridgehead atoms. The van der Waals surface area contributed by atoms with Crippen LogP contribution < -0.4 is 5.32 Å². The number of H-pyrrole nitrogens is 1. The number of aryl methyl sites for hydroxylation is 1. The lowest BCUT2D eigenvalue weighted by Crippen LogP contribution is -2.08. The minimum atomic E-state index is 0.161. The van der Waals surface area contributed by atoms with Gasteiger partial charge >= 0.3 is 0 Å². The fraction of sp³-hybridized carbons (Fsp3) is 0.273. The quantitative estimate of drug-likeness (QED) is 0.472. The number of aromatic nitrogens is 4. The zero-order valence-corrected chi connectivity index (χ0v) is 10.3. The van der Waals surface area contributed by atoms with E-state index in [1.165, 1.54) is 6.33 Å². The highest BCUT2D eigenvalue weighted by atomic mass is 35.5. The molecule has 94 valence electrons. The fourth-order valence-corrected chi connectivity index (χ4v) is 1.69.